The zero-order valence-corrected chi connectivity index (χ0v) is 13.6. The summed E-state index contributed by atoms with van der Waals surface area (Å²) in [5.41, 5.74) is 4.34. The van der Waals surface area contributed by atoms with E-state index in [4.69, 9.17) is 5.11 Å². The fourth-order valence-electron chi connectivity index (χ4n) is 3.04. The van der Waals surface area contributed by atoms with Crippen molar-refractivity contribution in [1.82, 2.24) is 0 Å². The van der Waals surface area contributed by atoms with Crippen molar-refractivity contribution in [1.29, 1.82) is 0 Å². The third-order valence-corrected chi connectivity index (χ3v) is 4.27. The predicted molar refractivity (Wildman–Crippen MR) is 93.5 cm³/mol. The van der Waals surface area contributed by atoms with E-state index in [2.05, 4.69) is 11.4 Å². The van der Waals surface area contributed by atoms with E-state index in [9.17, 15) is 9.59 Å². The Bertz CT molecular complexity index is 786. The molecule has 0 saturated heterocycles. The van der Waals surface area contributed by atoms with Crippen LogP contribution in [0.4, 0.5) is 11.4 Å². The number of fused-ring (bicyclic) bond motifs is 1. The van der Waals surface area contributed by atoms with Gasteiger partial charge in [0.15, 0.2) is 0 Å². The number of hydrogen-bond acceptors (Lipinski definition) is 3. The summed E-state index contributed by atoms with van der Waals surface area (Å²) in [6.45, 7) is 3.21. The zero-order valence-electron chi connectivity index (χ0n) is 13.6. The Morgan fingerprint density at radius 1 is 1.21 bits per heavy atom. The number of amides is 1. The Balaban J connectivity index is 1.74. The molecule has 1 heterocycles. The first kappa shape index (κ1) is 16.1. The van der Waals surface area contributed by atoms with Crippen molar-refractivity contribution in [2.24, 2.45) is 0 Å². The Kier molecular flexibility index (Phi) is 4.51. The molecule has 0 bridgehead atoms. The Morgan fingerprint density at radius 2 is 2.04 bits per heavy atom. The SMILES string of the molecule is CCN1C(=O)CCc2cc(NCc3cccc(C(=O)O)c3)ccc21. The van der Waals surface area contributed by atoms with Gasteiger partial charge in [-0.25, -0.2) is 4.79 Å². The van der Waals surface area contributed by atoms with Crippen LogP contribution in [0.2, 0.25) is 0 Å². The quantitative estimate of drug-likeness (QED) is 0.885. The average Bonchev–Trinajstić information content (AvgIpc) is 2.60. The fraction of sp³-hybridized carbons (Fsp3) is 0.263. The lowest BCUT2D eigenvalue weighted by molar-refractivity contribution is -0.118. The van der Waals surface area contributed by atoms with Crippen LogP contribution in [0.1, 0.15) is 34.8 Å². The first-order valence-electron chi connectivity index (χ1n) is 8.08. The molecular weight excluding hydrogens is 304 g/mol. The molecule has 0 atom stereocenters. The van der Waals surface area contributed by atoms with Crippen LogP contribution < -0.4 is 10.2 Å². The molecule has 0 unspecified atom stereocenters. The van der Waals surface area contributed by atoms with E-state index in [0.717, 1.165) is 23.4 Å². The minimum absolute atomic E-state index is 0.177. The van der Waals surface area contributed by atoms with Crippen LogP contribution in [-0.4, -0.2) is 23.5 Å². The minimum atomic E-state index is -0.921. The van der Waals surface area contributed by atoms with Crippen molar-refractivity contribution in [2.75, 3.05) is 16.8 Å². The van der Waals surface area contributed by atoms with Gasteiger partial charge in [-0.3, -0.25) is 4.79 Å². The Morgan fingerprint density at radius 3 is 2.79 bits per heavy atom. The second-order valence-electron chi connectivity index (χ2n) is 5.84. The Hall–Kier alpha value is -2.82. The van der Waals surface area contributed by atoms with Crippen LogP contribution in [0.5, 0.6) is 0 Å². The molecule has 0 aromatic heterocycles. The molecule has 24 heavy (non-hydrogen) atoms. The number of hydrogen-bond donors (Lipinski definition) is 2. The molecule has 0 aliphatic carbocycles. The van der Waals surface area contributed by atoms with E-state index >= 15 is 0 Å². The molecule has 2 N–H and O–H groups in total. The maximum absolute atomic E-state index is 11.9. The van der Waals surface area contributed by atoms with Gasteiger partial charge in [-0.05, 0) is 54.8 Å². The molecule has 1 aliphatic rings. The van der Waals surface area contributed by atoms with Gasteiger partial charge in [0.2, 0.25) is 5.91 Å². The molecule has 2 aromatic rings. The minimum Gasteiger partial charge on any atom is -0.478 e. The summed E-state index contributed by atoms with van der Waals surface area (Å²) in [5, 5.41) is 12.4. The molecule has 5 heteroatoms. The largest absolute Gasteiger partial charge is 0.478 e. The molecule has 3 rings (SSSR count). The van der Waals surface area contributed by atoms with Gasteiger partial charge in [-0.15, -0.1) is 0 Å². The first-order chi connectivity index (χ1) is 11.6. The second-order valence-corrected chi connectivity index (χ2v) is 5.84. The van der Waals surface area contributed by atoms with Gasteiger partial charge in [0, 0.05) is 30.9 Å². The third-order valence-electron chi connectivity index (χ3n) is 4.27. The number of carboxylic acids is 1. The molecular formula is C19H20N2O3. The number of nitrogens with zero attached hydrogens (tertiary/aromatic N) is 1. The fourth-order valence-corrected chi connectivity index (χ4v) is 3.04. The second kappa shape index (κ2) is 6.74. The molecule has 1 aliphatic heterocycles. The van der Waals surface area contributed by atoms with Gasteiger partial charge in [0.1, 0.15) is 0 Å². The van der Waals surface area contributed by atoms with Crippen LogP contribution in [0, 0.1) is 0 Å². The third kappa shape index (κ3) is 3.25. The van der Waals surface area contributed by atoms with Crippen molar-refractivity contribution in [3.8, 4) is 0 Å². The van der Waals surface area contributed by atoms with Crippen molar-refractivity contribution in [3.63, 3.8) is 0 Å². The lowest BCUT2D eigenvalue weighted by atomic mass is 10.0. The summed E-state index contributed by atoms with van der Waals surface area (Å²) in [7, 11) is 0. The summed E-state index contributed by atoms with van der Waals surface area (Å²) >= 11 is 0. The monoisotopic (exact) mass is 324 g/mol. The molecule has 124 valence electrons. The van der Waals surface area contributed by atoms with E-state index in [1.807, 2.05) is 30.0 Å². The highest BCUT2D eigenvalue weighted by atomic mass is 16.4. The van der Waals surface area contributed by atoms with Crippen molar-refractivity contribution < 1.29 is 14.7 Å². The highest BCUT2D eigenvalue weighted by Crippen LogP contribution is 2.30. The van der Waals surface area contributed by atoms with Gasteiger partial charge >= 0.3 is 5.97 Å². The molecule has 2 aromatic carbocycles. The molecule has 5 nitrogen and oxygen atoms in total. The highest BCUT2D eigenvalue weighted by molar-refractivity contribution is 5.96. The number of aromatic carboxylic acids is 1. The lowest BCUT2D eigenvalue weighted by Crippen LogP contribution is -2.34. The number of carbonyl (C=O) groups excluding carboxylic acids is 1. The number of carboxylic acid groups (broad SMARTS) is 1. The summed E-state index contributed by atoms with van der Waals surface area (Å²) in [5.74, 6) is -0.744. The van der Waals surface area contributed by atoms with Crippen molar-refractivity contribution >= 4 is 23.3 Å². The number of rotatable bonds is 5. The van der Waals surface area contributed by atoms with Gasteiger partial charge in [-0.1, -0.05) is 12.1 Å². The van der Waals surface area contributed by atoms with Crippen LogP contribution in [-0.2, 0) is 17.8 Å². The van der Waals surface area contributed by atoms with Crippen LogP contribution in [0.3, 0.4) is 0 Å². The number of aryl methyl sites for hydroxylation is 1. The molecule has 0 spiro atoms. The van der Waals surface area contributed by atoms with Crippen molar-refractivity contribution in [3.05, 3.63) is 59.2 Å². The van der Waals surface area contributed by atoms with E-state index in [0.29, 0.717) is 19.5 Å². The number of benzene rings is 2. The van der Waals surface area contributed by atoms with Gasteiger partial charge in [0.25, 0.3) is 0 Å². The Labute approximate surface area is 140 Å². The predicted octanol–water partition coefficient (Wildman–Crippen LogP) is 3.30. The normalized spacial score (nSPS) is 13.5. The molecule has 0 fully saturated rings. The van der Waals surface area contributed by atoms with Gasteiger partial charge in [0.05, 0.1) is 5.56 Å². The number of anilines is 2. The average molecular weight is 324 g/mol. The van der Waals surface area contributed by atoms with Gasteiger partial charge in [-0.2, -0.15) is 0 Å². The molecule has 1 amide bonds. The van der Waals surface area contributed by atoms with Crippen molar-refractivity contribution in [2.45, 2.75) is 26.3 Å². The lowest BCUT2D eigenvalue weighted by Gasteiger charge is -2.28. The summed E-state index contributed by atoms with van der Waals surface area (Å²) < 4.78 is 0. The number of nitrogens with one attached hydrogen (secondary N) is 1. The zero-order chi connectivity index (χ0) is 17.1. The van der Waals surface area contributed by atoms with Crippen LogP contribution in [0.25, 0.3) is 0 Å². The maximum atomic E-state index is 11.9. The molecule has 0 saturated carbocycles. The highest BCUT2D eigenvalue weighted by Gasteiger charge is 2.22. The van der Waals surface area contributed by atoms with Gasteiger partial charge < -0.3 is 15.3 Å². The standard InChI is InChI=1S/C19H20N2O3/c1-2-21-17-8-7-16(11-14(17)6-9-18(21)22)20-12-13-4-3-5-15(10-13)19(23)24/h3-5,7-8,10-11,20H,2,6,9,12H2,1H3,(H,23,24). The van der Waals surface area contributed by atoms with Crippen LogP contribution in [0.15, 0.2) is 42.5 Å². The number of carbonyl (C=O) groups is 2. The van der Waals surface area contributed by atoms with E-state index in [-0.39, 0.29) is 11.5 Å². The summed E-state index contributed by atoms with van der Waals surface area (Å²) in [4.78, 5) is 24.8. The maximum Gasteiger partial charge on any atom is 0.335 e. The van der Waals surface area contributed by atoms with E-state index < -0.39 is 5.97 Å². The summed E-state index contributed by atoms with van der Waals surface area (Å²) in [6, 6.07) is 12.9. The van der Waals surface area contributed by atoms with E-state index in [1.54, 1.807) is 18.2 Å². The van der Waals surface area contributed by atoms with Crippen LogP contribution >= 0.6 is 0 Å². The molecule has 0 radical (unpaired) electrons. The topological polar surface area (TPSA) is 69.6 Å². The smallest absolute Gasteiger partial charge is 0.335 e. The van der Waals surface area contributed by atoms with E-state index in [1.165, 1.54) is 5.56 Å². The summed E-state index contributed by atoms with van der Waals surface area (Å²) in [6.07, 6.45) is 1.31. The first-order valence-corrected chi connectivity index (χ1v) is 8.08.